The number of amides is 1. The lowest BCUT2D eigenvalue weighted by Gasteiger charge is -2.06. The summed E-state index contributed by atoms with van der Waals surface area (Å²) in [6.45, 7) is 0.505. The molecular formula is C14H12ClNO. The van der Waals surface area contributed by atoms with E-state index in [9.17, 15) is 4.79 Å². The highest BCUT2D eigenvalue weighted by Crippen LogP contribution is 2.14. The predicted octanol–water partition coefficient (Wildman–Crippen LogP) is 3.27. The Bertz CT molecular complexity index is 511. The van der Waals surface area contributed by atoms with Gasteiger partial charge in [0, 0.05) is 6.54 Å². The van der Waals surface area contributed by atoms with E-state index in [4.69, 9.17) is 11.6 Å². The normalized spacial score (nSPS) is 9.94. The summed E-state index contributed by atoms with van der Waals surface area (Å²) in [5.41, 5.74) is 1.57. The molecule has 0 atom stereocenters. The average Bonchev–Trinajstić information content (AvgIpc) is 2.38. The van der Waals surface area contributed by atoms with Gasteiger partial charge in [-0.3, -0.25) is 4.79 Å². The van der Waals surface area contributed by atoms with Crippen LogP contribution in [0.5, 0.6) is 0 Å². The van der Waals surface area contributed by atoms with Crippen molar-refractivity contribution in [1.82, 2.24) is 5.32 Å². The third-order valence-corrected chi connectivity index (χ3v) is 2.74. The van der Waals surface area contributed by atoms with Crippen LogP contribution in [0.4, 0.5) is 0 Å². The minimum Gasteiger partial charge on any atom is -0.348 e. The fourth-order valence-corrected chi connectivity index (χ4v) is 1.74. The number of halogens is 1. The summed E-state index contributed by atoms with van der Waals surface area (Å²) in [6.07, 6.45) is 0. The van der Waals surface area contributed by atoms with Crippen LogP contribution in [0.25, 0.3) is 0 Å². The van der Waals surface area contributed by atoms with Crippen molar-refractivity contribution in [3.05, 3.63) is 70.7 Å². The van der Waals surface area contributed by atoms with E-state index in [0.29, 0.717) is 17.1 Å². The first-order chi connectivity index (χ1) is 8.27. The molecule has 86 valence electrons. The fourth-order valence-electron chi connectivity index (χ4n) is 1.52. The summed E-state index contributed by atoms with van der Waals surface area (Å²) in [7, 11) is 0. The number of carbonyl (C=O) groups excluding carboxylic acids is 1. The van der Waals surface area contributed by atoms with Crippen LogP contribution >= 0.6 is 11.6 Å². The lowest BCUT2D eigenvalue weighted by molar-refractivity contribution is 0.0951. The highest BCUT2D eigenvalue weighted by atomic mass is 35.5. The maximum Gasteiger partial charge on any atom is 0.253 e. The van der Waals surface area contributed by atoms with E-state index in [1.165, 1.54) is 0 Å². The van der Waals surface area contributed by atoms with Crippen LogP contribution in [0.15, 0.2) is 54.6 Å². The van der Waals surface area contributed by atoms with Crippen LogP contribution in [-0.2, 0) is 6.54 Å². The number of carbonyl (C=O) groups is 1. The van der Waals surface area contributed by atoms with Crippen molar-refractivity contribution in [2.24, 2.45) is 0 Å². The smallest absolute Gasteiger partial charge is 0.253 e. The molecule has 2 aromatic rings. The second kappa shape index (κ2) is 5.51. The zero-order chi connectivity index (χ0) is 12.1. The molecule has 2 aromatic carbocycles. The van der Waals surface area contributed by atoms with Crippen molar-refractivity contribution in [2.45, 2.75) is 6.54 Å². The van der Waals surface area contributed by atoms with Gasteiger partial charge in [-0.1, -0.05) is 54.1 Å². The van der Waals surface area contributed by atoms with E-state index in [-0.39, 0.29) is 5.91 Å². The highest BCUT2D eigenvalue weighted by molar-refractivity contribution is 6.33. The van der Waals surface area contributed by atoms with Crippen LogP contribution < -0.4 is 5.32 Å². The number of hydrogen-bond donors (Lipinski definition) is 1. The van der Waals surface area contributed by atoms with Gasteiger partial charge in [-0.15, -0.1) is 0 Å². The number of hydrogen-bond acceptors (Lipinski definition) is 1. The van der Waals surface area contributed by atoms with E-state index in [1.54, 1.807) is 24.3 Å². The summed E-state index contributed by atoms with van der Waals surface area (Å²) in [4.78, 5) is 11.8. The molecule has 17 heavy (non-hydrogen) atoms. The quantitative estimate of drug-likeness (QED) is 0.884. The molecule has 1 N–H and O–H groups in total. The largest absolute Gasteiger partial charge is 0.348 e. The van der Waals surface area contributed by atoms with Crippen molar-refractivity contribution >= 4 is 17.5 Å². The van der Waals surface area contributed by atoms with Gasteiger partial charge in [0.2, 0.25) is 0 Å². The van der Waals surface area contributed by atoms with E-state index in [1.807, 2.05) is 30.3 Å². The maximum atomic E-state index is 11.8. The van der Waals surface area contributed by atoms with E-state index >= 15 is 0 Å². The summed E-state index contributed by atoms with van der Waals surface area (Å²) < 4.78 is 0. The second-order valence-electron chi connectivity index (χ2n) is 3.65. The molecule has 0 aliphatic heterocycles. The topological polar surface area (TPSA) is 29.1 Å². The van der Waals surface area contributed by atoms with Gasteiger partial charge in [0.15, 0.2) is 0 Å². The molecule has 0 bridgehead atoms. The summed E-state index contributed by atoms with van der Waals surface area (Å²) in [6, 6.07) is 16.8. The van der Waals surface area contributed by atoms with E-state index in [0.717, 1.165) is 5.56 Å². The molecule has 2 rings (SSSR count). The Morgan fingerprint density at radius 3 is 2.35 bits per heavy atom. The van der Waals surface area contributed by atoms with Crippen LogP contribution in [-0.4, -0.2) is 5.91 Å². The Labute approximate surface area is 105 Å². The van der Waals surface area contributed by atoms with E-state index in [2.05, 4.69) is 5.32 Å². The molecule has 0 aliphatic rings. The average molecular weight is 246 g/mol. The third-order valence-electron chi connectivity index (χ3n) is 2.41. The lowest BCUT2D eigenvalue weighted by Crippen LogP contribution is -2.22. The molecule has 0 unspecified atom stereocenters. The first kappa shape index (κ1) is 11.7. The van der Waals surface area contributed by atoms with Crippen LogP contribution in [0, 0.1) is 0 Å². The molecule has 0 aliphatic carbocycles. The Morgan fingerprint density at radius 2 is 1.65 bits per heavy atom. The number of nitrogens with one attached hydrogen (secondary N) is 1. The Morgan fingerprint density at radius 1 is 1.00 bits per heavy atom. The molecule has 0 spiro atoms. The van der Waals surface area contributed by atoms with Crippen LogP contribution in [0.2, 0.25) is 5.02 Å². The van der Waals surface area contributed by atoms with Crippen molar-refractivity contribution < 1.29 is 4.79 Å². The van der Waals surface area contributed by atoms with Gasteiger partial charge in [0.25, 0.3) is 5.91 Å². The molecule has 0 saturated heterocycles. The van der Waals surface area contributed by atoms with Crippen molar-refractivity contribution in [3.63, 3.8) is 0 Å². The van der Waals surface area contributed by atoms with Crippen molar-refractivity contribution in [3.8, 4) is 0 Å². The second-order valence-corrected chi connectivity index (χ2v) is 4.06. The van der Waals surface area contributed by atoms with Gasteiger partial charge in [-0.25, -0.2) is 0 Å². The van der Waals surface area contributed by atoms with Gasteiger partial charge in [0.05, 0.1) is 10.6 Å². The van der Waals surface area contributed by atoms with Gasteiger partial charge >= 0.3 is 0 Å². The summed E-state index contributed by atoms with van der Waals surface area (Å²) >= 11 is 5.94. The van der Waals surface area contributed by atoms with Gasteiger partial charge in [-0.2, -0.15) is 0 Å². The summed E-state index contributed by atoms with van der Waals surface area (Å²) in [5.74, 6) is -0.153. The first-order valence-electron chi connectivity index (χ1n) is 5.34. The molecule has 0 aromatic heterocycles. The molecule has 3 heteroatoms. The molecule has 1 amide bonds. The Kier molecular flexibility index (Phi) is 3.78. The van der Waals surface area contributed by atoms with Crippen LogP contribution in [0.1, 0.15) is 15.9 Å². The van der Waals surface area contributed by atoms with E-state index < -0.39 is 0 Å². The lowest BCUT2D eigenvalue weighted by atomic mass is 10.2. The number of benzene rings is 2. The van der Waals surface area contributed by atoms with Gasteiger partial charge in [-0.05, 0) is 17.7 Å². The SMILES string of the molecule is O=C(NCc1ccccc1)c1ccccc1Cl. The fraction of sp³-hybridized carbons (Fsp3) is 0.0714. The number of rotatable bonds is 3. The van der Waals surface area contributed by atoms with Crippen molar-refractivity contribution in [1.29, 1.82) is 0 Å². The minimum atomic E-state index is -0.153. The van der Waals surface area contributed by atoms with Gasteiger partial charge < -0.3 is 5.32 Å². The zero-order valence-corrected chi connectivity index (χ0v) is 9.95. The van der Waals surface area contributed by atoms with Crippen molar-refractivity contribution in [2.75, 3.05) is 0 Å². The third kappa shape index (κ3) is 3.08. The molecule has 0 saturated carbocycles. The minimum absolute atomic E-state index is 0.153. The standard InChI is InChI=1S/C14H12ClNO/c15-13-9-5-4-8-12(13)14(17)16-10-11-6-2-1-3-7-11/h1-9H,10H2,(H,16,17). The first-order valence-corrected chi connectivity index (χ1v) is 5.72. The van der Waals surface area contributed by atoms with Gasteiger partial charge in [0.1, 0.15) is 0 Å². The monoisotopic (exact) mass is 245 g/mol. The zero-order valence-electron chi connectivity index (χ0n) is 9.19. The summed E-state index contributed by atoms with van der Waals surface area (Å²) in [5, 5.41) is 3.30. The molecule has 0 heterocycles. The molecule has 0 fully saturated rings. The maximum absolute atomic E-state index is 11.8. The molecular weight excluding hydrogens is 234 g/mol. The highest BCUT2D eigenvalue weighted by Gasteiger charge is 2.08. The Hall–Kier alpha value is -1.80. The molecule has 0 radical (unpaired) electrons. The van der Waals surface area contributed by atoms with Crippen LogP contribution in [0.3, 0.4) is 0 Å². The molecule has 2 nitrogen and oxygen atoms in total. The Balaban J connectivity index is 2.01. The predicted molar refractivity (Wildman–Crippen MR) is 69.1 cm³/mol.